The monoisotopic (exact) mass is 420 g/mol. The molecule has 0 aliphatic heterocycles. The summed E-state index contributed by atoms with van der Waals surface area (Å²) >= 11 is 0. The van der Waals surface area contributed by atoms with E-state index in [1.807, 2.05) is 39.0 Å². The van der Waals surface area contributed by atoms with Crippen LogP contribution in [0.1, 0.15) is 59.1 Å². The second kappa shape index (κ2) is 8.88. The zero-order chi connectivity index (χ0) is 22.0. The van der Waals surface area contributed by atoms with Crippen LogP contribution < -0.4 is 5.32 Å². The molecule has 0 bridgehead atoms. The number of aromatic nitrogens is 3. The molecule has 0 saturated heterocycles. The number of carbonyl (C=O) groups is 2. The molecule has 1 atom stereocenters. The highest BCUT2D eigenvalue weighted by molar-refractivity contribution is 5.81. The van der Waals surface area contributed by atoms with Gasteiger partial charge in [0, 0.05) is 23.9 Å². The number of nitrogens with one attached hydrogen (secondary N) is 1. The molecule has 1 amide bonds. The molecule has 0 unspecified atom stereocenters. The summed E-state index contributed by atoms with van der Waals surface area (Å²) in [6.07, 6.45) is 3.66. The number of hydrogen-bond acceptors (Lipinski definition) is 5. The molecule has 7 heteroatoms. The third kappa shape index (κ3) is 4.60. The molecule has 3 aromatic rings. The van der Waals surface area contributed by atoms with Crippen molar-refractivity contribution in [2.24, 2.45) is 0 Å². The van der Waals surface area contributed by atoms with E-state index in [9.17, 15) is 9.59 Å². The highest BCUT2D eigenvalue weighted by Gasteiger charge is 2.22. The summed E-state index contributed by atoms with van der Waals surface area (Å²) in [4.78, 5) is 29.2. The minimum absolute atomic E-state index is 0.0169. The quantitative estimate of drug-likeness (QED) is 0.618. The average molecular weight is 421 g/mol. The summed E-state index contributed by atoms with van der Waals surface area (Å²) in [5.74, 6) is -0.660. The van der Waals surface area contributed by atoms with Gasteiger partial charge in [-0.25, -0.2) is 9.50 Å². The van der Waals surface area contributed by atoms with Gasteiger partial charge in [-0.1, -0.05) is 24.3 Å². The van der Waals surface area contributed by atoms with Crippen LogP contribution in [0.2, 0.25) is 0 Å². The van der Waals surface area contributed by atoms with Crippen LogP contribution in [0, 0.1) is 20.8 Å². The smallest absolute Gasteiger partial charge is 0.306 e. The molecule has 1 aliphatic carbocycles. The number of benzene rings is 1. The van der Waals surface area contributed by atoms with E-state index < -0.39 is 5.97 Å². The lowest BCUT2D eigenvalue weighted by Gasteiger charge is -2.26. The second-order valence-electron chi connectivity index (χ2n) is 8.19. The molecular weight excluding hydrogens is 392 g/mol. The Morgan fingerprint density at radius 1 is 1.23 bits per heavy atom. The van der Waals surface area contributed by atoms with Crippen LogP contribution in [-0.2, 0) is 27.2 Å². The number of esters is 1. The first-order valence-electron chi connectivity index (χ1n) is 10.8. The lowest BCUT2D eigenvalue weighted by Crippen LogP contribution is -2.34. The molecule has 0 fully saturated rings. The molecule has 4 rings (SSSR count). The maximum Gasteiger partial charge on any atom is 0.306 e. The predicted octanol–water partition coefficient (Wildman–Crippen LogP) is 3.32. The summed E-state index contributed by atoms with van der Waals surface area (Å²) in [7, 11) is 0. The Morgan fingerprint density at radius 2 is 2.03 bits per heavy atom. The summed E-state index contributed by atoms with van der Waals surface area (Å²) in [5.41, 5.74) is 6.98. The summed E-state index contributed by atoms with van der Waals surface area (Å²) in [6, 6.07) is 10.1. The van der Waals surface area contributed by atoms with Gasteiger partial charge in [0.25, 0.3) is 5.91 Å². The maximum atomic E-state index is 12.3. The molecule has 1 aromatic carbocycles. The molecule has 31 heavy (non-hydrogen) atoms. The van der Waals surface area contributed by atoms with Crippen molar-refractivity contribution in [2.45, 2.75) is 58.9 Å². The van der Waals surface area contributed by atoms with E-state index in [1.165, 1.54) is 5.56 Å². The zero-order valence-electron chi connectivity index (χ0n) is 18.3. The zero-order valence-corrected chi connectivity index (χ0v) is 18.3. The lowest BCUT2D eigenvalue weighted by molar-refractivity contribution is -0.148. The van der Waals surface area contributed by atoms with E-state index in [2.05, 4.69) is 27.5 Å². The fraction of sp³-hybridized carbons (Fsp3) is 0.417. The standard InChI is InChI=1S/C24H28N4O3/c1-15-13-22-25-16(2)19(17(3)28(22)27-15)11-12-24(30)31-14-23(29)26-21-10-6-8-18-7-4-5-9-20(18)21/h4-5,7,9,13,21H,6,8,10-12,14H2,1-3H3,(H,26,29)/t21-/m1/s1. The van der Waals surface area contributed by atoms with Crippen LogP contribution in [-0.4, -0.2) is 33.1 Å². The second-order valence-corrected chi connectivity index (χ2v) is 8.19. The molecule has 162 valence electrons. The third-order valence-corrected chi connectivity index (χ3v) is 5.93. The first-order valence-corrected chi connectivity index (χ1v) is 10.8. The minimum Gasteiger partial charge on any atom is -0.456 e. The number of fused-ring (bicyclic) bond motifs is 2. The van der Waals surface area contributed by atoms with Gasteiger partial charge in [0.2, 0.25) is 0 Å². The van der Waals surface area contributed by atoms with Gasteiger partial charge in [0.15, 0.2) is 12.3 Å². The molecule has 2 aromatic heterocycles. The lowest BCUT2D eigenvalue weighted by atomic mass is 9.88. The summed E-state index contributed by atoms with van der Waals surface area (Å²) in [5, 5.41) is 7.46. The Bertz CT molecular complexity index is 1140. The van der Waals surface area contributed by atoms with Crippen LogP contribution in [0.3, 0.4) is 0 Å². The largest absolute Gasteiger partial charge is 0.456 e. The van der Waals surface area contributed by atoms with E-state index >= 15 is 0 Å². The maximum absolute atomic E-state index is 12.3. The fourth-order valence-corrected chi connectivity index (χ4v) is 4.39. The van der Waals surface area contributed by atoms with Crippen LogP contribution in [0.15, 0.2) is 30.3 Å². The number of rotatable bonds is 6. The Hall–Kier alpha value is -3.22. The normalized spacial score (nSPS) is 15.5. The van der Waals surface area contributed by atoms with Gasteiger partial charge < -0.3 is 10.1 Å². The Labute approximate surface area is 181 Å². The van der Waals surface area contributed by atoms with Gasteiger partial charge in [0.05, 0.1) is 11.7 Å². The van der Waals surface area contributed by atoms with Gasteiger partial charge in [-0.3, -0.25) is 9.59 Å². The number of amides is 1. The average Bonchev–Trinajstić information content (AvgIpc) is 3.12. The van der Waals surface area contributed by atoms with Gasteiger partial charge in [-0.15, -0.1) is 0 Å². The van der Waals surface area contributed by atoms with Gasteiger partial charge in [-0.05, 0) is 63.1 Å². The Kier molecular flexibility index (Phi) is 6.02. The molecule has 1 N–H and O–H groups in total. The van der Waals surface area contributed by atoms with Gasteiger partial charge >= 0.3 is 5.97 Å². The molecule has 0 radical (unpaired) electrons. The van der Waals surface area contributed by atoms with Crippen LogP contribution in [0.4, 0.5) is 0 Å². The molecule has 7 nitrogen and oxygen atoms in total. The summed E-state index contributed by atoms with van der Waals surface area (Å²) in [6.45, 7) is 5.58. The number of carbonyl (C=O) groups excluding carboxylic acids is 2. The van der Waals surface area contributed by atoms with Crippen molar-refractivity contribution < 1.29 is 14.3 Å². The van der Waals surface area contributed by atoms with E-state index in [0.29, 0.717) is 6.42 Å². The first kappa shape index (κ1) is 21.0. The van der Waals surface area contributed by atoms with Crippen molar-refractivity contribution in [3.63, 3.8) is 0 Å². The third-order valence-electron chi connectivity index (χ3n) is 5.93. The predicted molar refractivity (Wildman–Crippen MR) is 117 cm³/mol. The van der Waals surface area contributed by atoms with Crippen LogP contribution >= 0.6 is 0 Å². The van der Waals surface area contributed by atoms with Gasteiger partial charge in [0.1, 0.15) is 0 Å². The topological polar surface area (TPSA) is 85.6 Å². The molecular formula is C24H28N4O3. The van der Waals surface area contributed by atoms with E-state index in [0.717, 1.165) is 53.1 Å². The molecule has 1 aliphatic rings. The van der Waals surface area contributed by atoms with E-state index in [1.54, 1.807) is 4.52 Å². The Morgan fingerprint density at radius 3 is 2.87 bits per heavy atom. The van der Waals surface area contributed by atoms with Crippen molar-refractivity contribution in [2.75, 3.05) is 6.61 Å². The molecule has 0 saturated carbocycles. The van der Waals surface area contributed by atoms with Crippen molar-refractivity contribution >= 4 is 17.5 Å². The molecule has 0 spiro atoms. The number of nitrogens with zero attached hydrogens (tertiary/aromatic N) is 3. The molecule has 2 heterocycles. The summed E-state index contributed by atoms with van der Waals surface area (Å²) < 4.78 is 7.04. The Balaban J connectivity index is 1.30. The number of ether oxygens (including phenoxy) is 1. The van der Waals surface area contributed by atoms with Crippen molar-refractivity contribution in [1.82, 2.24) is 19.9 Å². The fourth-order valence-electron chi connectivity index (χ4n) is 4.39. The minimum atomic E-state index is -0.394. The number of hydrogen-bond donors (Lipinski definition) is 1. The SMILES string of the molecule is Cc1cc2nc(C)c(CCC(=O)OCC(=O)N[C@@H]3CCCc4ccccc43)c(C)n2n1. The first-order chi connectivity index (χ1) is 14.9. The highest BCUT2D eigenvalue weighted by atomic mass is 16.5. The van der Waals surface area contributed by atoms with Crippen molar-refractivity contribution in [3.05, 3.63) is 64.1 Å². The van der Waals surface area contributed by atoms with E-state index in [4.69, 9.17) is 4.74 Å². The number of aryl methyl sites for hydroxylation is 4. The van der Waals surface area contributed by atoms with Crippen molar-refractivity contribution in [1.29, 1.82) is 0 Å². The van der Waals surface area contributed by atoms with Gasteiger partial charge in [-0.2, -0.15) is 5.10 Å². The highest BCUT2D eigenvalue weighted by Crippen LogP contribution is 2.29. The van der Waals surface area contributed by atoms with Crippen LogP contribution in [0.25, 0.3) is 5.65 Å². The van der Waals surface area contributed by atoms with Crippen LogP contribution in [0.5, 0.6) is 0 Å². The van der Waals surface area contributed by atoms with E-state index in [-0.39, 0.29) is 25.0 Å². The van der Waals surface area contributed by atoms with Crippen molar-refractivity contribution in [3.8, 4) is 0 Å².